The van der Waals surface area contributed by atoms with E-state index in [0.717, 1.165) is 0 Å². The van der Waals surface area contributed by atoms with Gasteiger partial charge in [-0.25, -0.2) is 4.79 Å². The van der Waals surface area contributed by atoms with Crippen molar-refractivity contribution in [3.63, 3.8) is 0 Å². The van der Waals surface area contributed by atoms with Gasteiger partial charge in [-0.3, -0.25) is 0 Å². The Bertz CT molecular complexity index is 190. The molecular formula is C11H18O2. The number of esters is 1. The lowest BCUT2D eigenvalue weighted by Gasteiger charge is -2.20. The maximum absolute atomic E-state index is 11.1. The van der Waals surface area contributed by atoms with Crippen molar-refractivity contribution < 1.29 is 9.53 Å². The largest absolute Gasteiger partial charge is 0.462 e. The Morgan fingerprint density at radius 1 is 1.38 bits per heavy atom. The second-order valence-corrected chi connectivity index (χ2v) is 3.88. The molecule has 0 radical (unpaired) electrons. The molecule has 0 spiro atoms. The van der Waals surface area contributed by atoms with E-state index < -0.39 is 0 Å². The minimum absolute atomic E-state index is 0.245. The van der Waals surface area contributed by atoms with E-state index in [2.05, 4.69) is 6.58 Å². The summed E-state index contributed by atoms with van der Waals surface area (Å²) in [5, 5.41) is 0. The third kappa shape index (κ3) is 3.62. The Morgan fingerprint density at radius 2 is 2.00 bits per heavy atom. The molecule has 0 aliphatic heterocycles. The van der Waals surface area contributed by atoms with Crippen molar-refractivity contribution in [2.24, 2.45) is 5.92 Å². The number of carbonyl (C=O) groups excluding carboxylic acids is 1. The van der Waals surface area contributed by atoms with Crippen molar-refractivity contribution in [2.75, 3.05) is 6.61 Å². The van der Waals surface area contributed by atoms with E-state index in [-0.39, 0.29) is 5.97 Å². The maximum Gasteiger partial charge on any atom is 0.333 e. The van der Waals surface area contributed by atoms with Gasteiger partial charge in [0.2, 0.25) is 0 Å². The molecular weight excluding hydrogens is 164 g/mol. The highest BCUT2D eigenvalue weighted by atomic mass is 16.5. The second kappa shape index (κ2) is 5.05. The van der Waals surface area contributed by atoms with Gasteiger partial charge in [0.05, 0.1) is 6.61 Å². The summed E-state index contributed by atoms with van der Waals surface area (Å²) >= 11 is 0. The quantitative estimate of drug-likeness (QED) is 0.495. The molecule has 0 aromatic carbocycles. The van der Waals surface area contributed by atoms with Crippen LogP contribution in [0.4, 0.5) is 0 Å². The van der Waals surface area contributed by atoms with Gasteiger partial charge in [0.25, 0.3) is 0 Å². The molecule has 1 aliphatic carbocycles. The third-order valence-electron chi connectivity index (χ3n) is 2.52. The number of rotatable bonds is 3. The molecule has 1 aliphatic rings. The fourth-order valence-corrected chi connectivity index (χ4v) is 1.67. The van der Waals surface area contributed by atoms with Gasteiger partial charge in [-0.2, -0.15) is 0 Å². The molecule has 0 aromatic heterocycles. The summed E-state index contributed by atoms with van der Waals surface area (Å²) in [6.07, 6.45) is 6.34. The summed E-state index contributed by atoms with van der Waals surface area (Å²) in [5.74, 6) is 0.350. The summed E-state index contributed by atoms with van der Waals surface area (Å²) in [7, 11) is 0. The van der Waals surface area contributed by atoms with Gasteiger partial charge in [0, 0.05) is 5.57 Å². The Kier molecular flexibility index (Phi) is 4.00. The number of ether oxygens (including phenoxy) is 1. The lowest BCUT2D eigenvalue weighted by atomic mass is 9.90. The minimum atomic E-state index is -0.245. The van der Waals surface area contributed by atoms with Crippen LogP contribution in [0, 0.1) is 5.92 Å². The highest BCUT2D eigenvalue weighted by Crippen LogP contribution is 2.23. The zero-order valence-corrected chi connectivity index (χ0v) is 8.34. The minimum Gasteiger partial charge on any atom is -0.462 e. The molecule has 2 heteroatoms. The van der Waals surface area contributed by atoms with Gasteiger partial charge < -0.3 is 4.74 Å². The Labute approximate surface area is 80.0 Å². The fraction of sp³-hybridized carbons (Fsp3) is 0.727. The van der Waals surface area contributed by atoms with Crippen LogP contribution >= 0.6 is 0 Å². The lowest BCUT2D eigenvalue weighted by Crippen LogP contribution is -2.16. The van der Waals surface area contributed by atoms with Gasteiger partial charge >= 0.3 is 5.97 Å². The van der Waals surface area contributed by atoms with E-state index >= 15 is 0 Å². The topological polar surface area (TPSA) is 26.3 Å². The molecule has 0 N–H and O–H groups in total. The van der Waals surface area contributed by atoms with Gasteiger partial charge in [-0.05, 0) is 25.7 Å². The predicted molar refractivity (Wildman–Crippen MR) is 52.3 cm³/mol. The first-order valence-electron chi connectivity index (χ1n) is 5.03. The normalized spacial score (nSPS) is 18.2. The van der Waals surface area contributed by atoms with Crippen molar-refractivity contribution in [3.8, 4) is 0 Å². The zero-order valence-electron chi connectivity index (χ0n) is 8.34. The standard InChI is InChI=1S/C11H18O2/c1-9(2)11(12)13-8-10-6-4-3-5-7-10/h10H,1,3-8H2,2H3. The maximum atomic E-state index is 11.1. The fourth-order valence-electron chi connectivity index (χ4n) is 1.67. The molecule has 0 amide bonds. The highest BCUT2D eigenvalue weighted by Gasteiger charge is 2.15. The summed E-state index contributed by atoms with van der Waals surface area (Å²) < 4.78 is 5.10. The molecule has 0 unspecified atom stereocenters. The van der Waals surface area contributed by atoms with E-state index in [9.17, 15) is 4.79 Å². The van der Waals surface area contributed by atoms with Crippen molar-refractivity contribution in [3.05, 3.63) is 12.2 Å². The van der Waals surface area contributed by atoms with Crippen molar-refractivity contribution in [1.82, 2.24) is 0 Å². The molecule has 0 bridgehead atoms. The molecule has 0 saturated heterocycles. The van der Waals surface area contributed by atoms with Crippen molar-refractivity contribution in [1.29, 1.82) is 0 Å². The molecule has 2 nitrogen and oxygen atoms in total. The predicted octanol–water partition coefficient (Wildman–Crippen LogP) is 2.69. The Balaban J connectivity index is 2.17. The molecule has 1 fully saturated rings. The van der Waals surface area contributed by atoms with Crippen LogP contribution in [-0.4, -0.2) is 12.6 Å². The van der Waals surface area contributed by atoms with Crippen LogP contribution in [0.25, 0.3) is 0 Å². The van der Waals surface area contributed by atoms with E-state index in [4.69, 9.17) is 4.74 Å². The average Bonchev–Trinajstić information content (AvgIpc) is 2.15. The molecule has 74 valence electrons. The molecule has 1 rings (SSSR count). The van der Waals surface area contributed by atoms with E-state index in [1.54, 1.807) is 6.92 Å². The Hall–Kier alpha value is -0.790. The Morgan fingerprint density at radius 3 is 2.54 bits per heavy atom. The first kappa shape index (κ1) is 10.3. The van der Waals surface area contributed by atoms with Gasteiger partial charge in [-0.1, -0.05) is 25.8 Å². The first-order valence-corrected chi connectivity index (χ1v) is 5.03. The van der Waals surface area contributed by atoms with Crippen LogP contribution in [0.2, 0.25) is 0 Å². The molecule has 0 heterocycles. The van der Waals surface area contributed by atoms with Crippen LogP contribution < -0.4 is 0 Å². The molecule has 1 saturated carbocycles. The van der Waals surface area contributed by atoms with Crippen LogP contribution in [0.1, 0.15) is 39.0 Å². The zero-order chi connectivity index (χ0) is 9.68. The van der Waals surface area contributed by atoms with Gasteiger partial charge in [0.15, 0.2) is 0 Å². The van der Waals surface area contributed by atoms with Gasteiger partial charge in [0.1, 0.15) is 0 Å². The SMILES string of the molecule is C=C(C)C(=O)OCC1CCCCC1. The van der Waals surface area contributed by atoms with Crippen molar-refractivity contribution in [2.45, 2.75) is 39.0 Å². The van der Waals surface area contributed by atoms with E-state index in [1.807, 2.05) is 0 Å². The number of hydrogen-bond donors (Lipinski definition) is 0. The van der Waals surface area contributed by atoms with Crippen LogP contribution in [-0.2, 0) is 9.53 Å². The van der Waals surface area contributed by atoms with Crippen LogP contribution in [0.15, 0.2) is 12.2 Å². The van der Waals surface area contributed by atoms with Crippen molar-refractivity contribution >= 4 is 5.97 Å². The van der Waals surface area contributed by atoms with E-state index in [0.29, 0.717) is 18.1 Å². The van der Waals surface area contributed by atoms with E-state index in [1.165, 1.54) is 32.1 Å². The summed E-state index contributed by atoms with van der Waals surface area (Å²) in [5.41, 5.74) is 0.496. The third-order valence-corrected chi connectivity index (χ3v) is 2.52. The molecule has 0 aromatic rings. The average molecular weight is 182 g/mol. The highest BCUT2D eigenvalue weighted by molar-refractivity contribution is 5.86. The first-order chi connectivity index (χ1) is 6.20. The summed E-state index contributed by atoms with van der Waals surface area (Å²) in [4.78, 5) is 11.1. The summed E-state index contributed by atoms with van der Waals surface area (Å²) in [6, 6.07) is 0. The summed E-state index contributed by atoms with van der Waals surface area (Å²) in [6.45, 7) is 5.82. The lowest BCUT2D eigenvalue weighted by molar-refractivity contribution is -0.140. The molecule has 0 atom stereocenters. The van der Waals surface area contributed by atoms with Crippen LogP contribution in [0.5, 0.6) is 0 Å². The molecule has 13 heavy (non-hydrogen) atoms. The number of carbonyl (C=O) groups is 1. The monoisotopic (exact) mass is 182 g/mol. The van der Waals surface area contributed by atoms with Gasteiger partial charge in [-0.15, -0.1) is 0 Å². The smallest absolute Gasteiger partial charge is 0.333 e. The van der Waals surface area contributed by atoms with Crippen LogP contribution in [0.3, 0.4) is 0 Å². The number of hydrogen-bond acceptors (Lipinski definition) is 2. The second-order valence-electron chi connectivity index (χ2n) is 3.88.